The number of nitrogens with zero attached hydrogens (tertiary/aromatic N) is 2. The number of methoxy groups -OCH3 is 1. The number of carbonyl (C=O) groups excluding carboxylic acids is 1. The van der Waals surface area contributed by atoms with Crippen molar-refractivity contribution in [3.05, 3.63) is 53.2 Å². The Balaban J connectivity index is 0.000000336. The third-order valence-electron chi connectivity index (χ3n) is 4.59. The van der Waals surface area contributed by atoms with Crippen molar-refractivity contribution in [1.82, 2.24) is 10.3 Å². The van der Waals surface area contributed by atoms with Gasteiger partial charge < -0.3 is 20.1 Å². The maximum atomic E-state index is 12.3. The first kappa shape index (κ1) is 24.9. The van der Waals surface area contributed by atoms with E-state index in [9.17, 15) is 22.9 Å². The Morgan fingerprint density at radius 3 is 2.44 bits per heavy atom. The maximum Gasteiger partial charge on any atom is 0.573 e. The van der Waals surface area contributed by atoms with Crippen LogP contribution >= 0.6 is 0 Å². The predicted molar refractivity (Wildman–Crippen MR) is 112 cm³/mol. The normalized spacial score (nSPS) is 13.9. The van der Waals surface area contributed by atoms with E-state index in [-0.39, 0.29) is 24.0 Å². The van der Waals surface area contributed by atoms with E-state index < -0.39 is 18.1 Å². The topological polar surface area (TPSA) is 102 Å². The van der Waals surface area contributed by atoms with Gasteiger partial charge >= 0.3 is 12.4 Å². The number of amides is 2. The summed E-state index contributed by atoms with van der Waals surface area (Å²) in [5.74, 6) is -0.176. The molecule has 11 heteroatoms. The number of alkyl halides is 3. The summed E-state index contributed by atoms with van der Waals surface area (Å²) in [6, 6.07) is 6.65. The van der Waals surface area contributed by atoms with Crippen LogP contribution in [0.25, 0.3) is 0 Å². The number of pyridine rings is 1. The molecule has 3 rings (SSSR count). The highest BCUT2D eigenvalue weighted by Gasteiger charge is 2.31. The summed E-state index contributed by atoms with van der Waals surface area (Å²) >= 11 is 0. The molecule has 1 fully saturated rings. The van der Waals surface area contributed by atoms with Crippen LogP contribution in [0.15, 0.2) is 47.9 Å². The average molecular weight is 454 g/mol. The molecule has 1 aromatic heterocycles. The monoisotopic (exact) mass is 454 g/mol. The average Bonchev–Trinajstić information content (AvgIpc) is 2.75. The lowest BCUT2D eigenvalue weighted by atomic mass is 9.96. The molecule has 1 heterocycles. The molecule has 1 aromatic carbocycles. The molecule has 0 unspecified atom stereocenters. The van der Waals surface area contributed by atoms with Crippen LogP contribution in [-0.2, 0) is 6.54 Å². The molecule has 1 aliphatic rings. The van der Waals surface area contributed by atoms with Gasteiger partial charge in [0.1, 0.15) is 18.0 Å². The maximum absolute atomic E-state index is 12.3. The second kappa shape index (κ2) is 12.5. The smallest absolute Gasteiger partial charge is 0.495 e. The molecule has 0 spiro atoms. The number of hydrogen-bond acceptors (Lipinski definition) is 6. The molecule has 8 nitrogen and oxygen atoms in total. The Morgan fingerprint density at radius 1 is 1.16 bits per heavy atom. The van der Waals surface area contributed by atoms with Crippen LogP contribution in [0, 0.1) is 4.91 Å². The fraction of sp³-hybridized carbons (Fsp3) is 0.429. The minimum absolute atomic E-state index is 0.0874. The third-order valence-corrected chi connectivity index (χ3v) is 4.59. The molecular formula is C21H25F3N4O4. The Labute approximate surface area is 183 Å². The van der Waals surface area contributed by atoms with Gasteiger partial charge in [-0.05, 0) is 42.7 Å². The van der Waals surface area contributed by atoms with Crippen LogP contribution in [-0.4, -0.2) is 30.5 Å². The zero-order valence-electron chi connectivity index (χ0n) is 17.5. The highest BCUT2D eigenvalue weighted by molar-refractivity contribution is 5.91. The van der Waals surface area contributed by atoms with Gasteiger partial charge in [0.25, 0.3) is 0 Å². The number of benzene rings is 1. The van der Waals surface area contributed by atoms with Crippen molar-refractivity contribution in [2.24, 2.45) is 5.18 Å². The number of aromatic nitrogens is 1. The summed E-state index contributed by atoms with van der Waals surface area (Å²) in [4.78, 5) is 25.5. The van der Waals surface area contributed by atoms with Crippen LogP contribution in [0.5, 0.6) is 11.5 Å². The number of carbonyl (C=O) groups is 1. The number of nitrogens with one attached hydrogen (secondary N) is 2. The van der Waals surface area contributed by atoms with E-state index in [4.69, 9.17) is 4.74 Å². The minimum Gasteiger partial charge on any atom is -0.495 e. The van der Waals surface area contributed by atoms with E-state index in [0.717, 1.165) is 49.8 Å². The number of rotatable bonds is 6. The van der Waals surface area contributed by atoms with Crippen molar-refractivity contribution in [2.75, 3.05) is 12.4 Å². The number of ether oxygens (including phenoxy) is 2. The van der Waals surface area contributed by atoms with Crippen LogP contribution in [0.3, 0.4) is 0 Å². The summed E-state index contributed by atoms with van der Waals surface area (Å²) in [6.45, 7) is 0.239. The van der Waals surface area contributed by atoms with Crippen LogP contribution < -0.4 is 20.1 Å². The third kappa shape index (κ3) is 9.19. The van der Waals surface area contributed by atoms with Crippen LogP contribution in [0.2, 0.25) is 0 Å². The predicted octanol–water partition coefficient (Wildman–Crippen LogP) is 5.40. The molecule has 2 aromatic rings. The highest BCUT2D eigenvalue weighted by atomic mass is 19.4. The van der Waals surface area contributed by atoms with Gasteiger partial charge in [0.2, 0.25) is 0 Å². The molecule has 1 aliphatic carbocycles. The van der Waals surface area contributed by atoms with E-state index in [0.29, 0.717) is 0 Å². The lowest BCUT2D eigenvalue weighted by Gasteiger charge is -2.23. The van der Waals surface area contributed by atoms with Gasteiger partial charge in [-0.2, -0.15) is 4.91 Å². The van der Waals surface area contributed by atoms with E-state index >= 15 is 0 Å². The molecular weight excluding hydrogens is 429 g/mol. The largest absolute Gasteiger partial charge is 0.573 e. The van der Waals surface area contributed by atoms with Gasteiger partial charge in [-0.25, -0.2) is 4.79 Å². The van der Waals surface area contributed by atoms with Gasteiger partial charge in [-0.3, -0.25) is 4.98 Å². The molecule has 32 heavy (non-hydrogen) atoms. The first-order chi connectivity index (χ1) is 15.3. The Kier molecular flexibility index (Phi) is 9.71. The number of anilines is 1. The first-order valence-corrected chi connectivity index (χ1v) is 10.00. The second-order valence-corrected chi connectivity index (χ2v) is 6.99. The molecule has 0 bridgehead atoms. The molecule has 0 atom stereocenters. The zero-order valence-corrected chi connectivity index (χ0v) is 17.5. The standard InChI is InChI=1S/C15H19F3N2O3.C6H6N2O/c1-22-13-8-7-11(23-15(16,17)18)9-12(13)20-14(21)19-10-5-3-2-4-6-10;9-8-5-6-1-3-7-4-2-6/h7-10H,2-6H2,1H3,(H2,19,20,21);1-4H,5H2. The molecule has 0 radical (unpaired) electrons. The quantitative estimate of drug-likeness (QED) is 0.570. The summed E-state index contributed by atoms with van der Waals surface area (Å²) in [6.07, 6.45) is 3.57. The van der Waals surface area contributed by atoms with E-state index in [2.05, 4.69) is 25.5 Å². The summed E-state index contributed by atoms with van der Waals surface area (Å²) in [5.41, 5.74) is 1.02. The lowest BCUT2D eigenvalue weighted by Crippen LogP contribution is -2.39. The number of nitroso groups, excluding NO2 is 1. The zero-order chi connectivity index (χ0) is 23.4. The van der Waals surface area contributed by atoms with Gasteiger partial charge in [-0.1, -0.05) is 24.4 Å². The van der Waals surface area contributed by atoms with Gasteiger partial charge in [0.05, 0.1) is 12.8 Å². The molecule has 2 N–H and O–H groups in total. The van der Waals surface area contributed by atoms with Crippen molar-refractivity contribution in [1.29, 1.82) is 0 Å². The SMILES string of the molecule is COc1ccc(OC(F)(F)F)cc1NC(=O)NC1CCCCC1.O=NCc1ccncc1. The summed E-state index contributed by atoms with van der Waals surface area (Å²) < 4.78 is 45.7. The van der Waals surface area contributed by atoms with Crippen molar-refractivity contribution in [2.45, 2.75) is 51.1 Å². The summed E-state index contributed by atoms with van der Waals surface area (Å²) in [7, 11) is 1.36. The molecule has 0 saturated heterocycles. The molecule has 0 aliphatic heterocycles. The van der Waals surface area contributed by atoms with E-state index in [1.54, 1.807) is 24.5 Å². The molecule has 1 saturated carbocycles. The van der Waals surface area contributed by atoms with Gasteiger partial charge in [0.15, 0.2) is 0 Å². The fourth-order valence-corrected chi connectivity index (χ4v) is 3.14. The lowest BCUT2D eigenvalue weighted by molar-refractivity contribution is -0.274. The van der Waals surface area contributed by atoms with Crippen molar-refractivity contribution < 1.29 is 27.4 Å². The molecule has 174 valence electrons. The van der Waals surface area contributed by atoms with Crippen molar-refractivity contribution in [3.63, 3.8) is 0 Å². The van der Waals surface area contributed by atoms with E-state index in [1.165, 1.54) is 13.2 Å². The van der Waals surface area contributed by atoms with Crippen LogP contribution in [0.1, 0.15) is 37.7 Å². The Morgan fingerprint density at radius 2 is 1.84 bits per heavy atom. The van der Waals surface area contributed by atoms with Gasteiger partial charge in [-0.15, -0.1) is 13.2 Å². The number of halogens is 3. The summed E-state index contributed by atoms with van der Waals surface area (Å²) in [5, 5.41) is 8.06. The van der Waals surface area contributed by atoms with Crippen molar-refractivity contribution >= 4 is 11.7 Å². The van der Waals surface area contributed by atoms with Crippen molar-refractivity contribution in [3.8, 4) is 11.5 Å². The fourth-order valence-electron chi connectivity index (χ4n) is 3.14. The van der Waals surface area contributed by atoms with Gasteiger partial charge in [0, 0.05) is 24.5 Å². The van der Waals surface area contributed by atoms with E-state index in [1.807, 2.05) is 0 Å². The number of hydrogen-bond donors (Lipinski definition) is 2. The second-order valence-electron chi connectivity index (χ2n) is 6.99. The number of urea groups is 1. The Hall–Kier alpha value is -3.37. The Bertz CT molecular complexity index is 860. The first-order valence-electron chi connectivity index (χ1n) is 10.00. The molecule has 2 amide bonds. The minimum atomic E-state index is -4.80. The van der Waals surface area contributed by atoms with Crippen LogP contribution in [0.4, 0.5) is 23.7 Å². The highest BCUT2D eigenvalue weighted by Crippen LogP contribution is 2.32.